The Morgan fingerprint density at radius 3 is 2.15 bits per heavy atom. The third kappa shape index (κ3) is 6.39. The molecule has 0 aromatic rings. The zero-order valence-electron chi connectivity index (χ0n) is 16.2. The van der Waals surface area contributed by atoms with Crippen LogP contribution in [0.2, 0.25) is 0 Å². The fourth-order valence-electron chi connectivity index (χ4n) is 3.68. The second kappa shape index (κ2) is 9.90. The number of ether oxygens (including phenoxy) is 1. The Bertz CT molecular complexity index is 476. The summed E-state index contributed by atoms with van der Waals surface area (Å²) in [5, 5.41) is 0. The zero-order chi connectivity index (χ0) is 19.2. The summed E-state index contributed by atoms with van der Waals surface area (Å²) >= 11 is 0. The molecule has 0 bridgehead atoms. The first-order valence-electron chi connectivity index (χ1n) is 9.81. The van der Waals surface area contributed by atoms with Crippen LogP contribution in [0.15, 0.2) is 23.8 Å². The molecule has 150 valence electrons. The molecule has 0 amide bonds. The molecule has 0 radical (unpaired) electrons. The highest BCUT2D eigenvalue weighted by molar-refractivity contribution is 5.27. The minimum Gasteiger partial charge on any atom is -0.379 e. The fraction of sp³-hybridized carbons (Fsp3) is 0.800. The summed E-state index contributed by atoms with van der Waals surface area (Å²) in [5.74, 6) is -0.323. The van der Waals surface area contributed by atoms with Gasteiger partial charge in [-0.25, -0.2) is 0 Å². The van der Waals surface area contributed by atoms with Crippen LogP contribution < -0.4 is 0 Å². The van der Waals surface area contributed by atoms with E-state index in [1.54, 1.807) is 13.8 Å². The van der Waals surface area contributed by atoms with Crippen LogP contribution in [0.1, 0.15) is 33.1 Å². The van der Waals surface area contributed by atoms with Crippen molar-refractivity contribution in [1.82, 2.24) is 9.80 Å². The predicted octanol–water partition coefficient (Wildman–Crippen LogP) is 4.12. The molecule has 0 aliphatic carbocycles. The van der Waals surface area contributed by atoms with Gasteiger partial charge in [-0.3, -0.25) is 4.90 Å². The van der Waals surface area contributed by atoms with Crippen molar-refractivity contribution in [2.75, 3.05) is 52.5 Å². The molecule has 26 heavy (non-hydrogen) atoms. The Labute approximate surface area is 155 Å². The minimum absolute atomic E-state index is 0.163. The van der Waals surface area contributed by atoms with E-state index in [2.05, 4.69) is 16.4 Å². The molecule has 1 atom stereocenters. The highest BCUT2D eigenvalue weighted by atomic mass is 19.4. The highest BCUT2D eigenvalue weighted by Gasteiger charge is 2.36. The average Bonchev–Trinajstić information content (AvgIpc) is 2.64. The molecule has 0 saturated carbocycles. The standard InChI is InChI=1S/C20H33F3N2O/c1-4-16(2)19(20(21,22)23)15-17(3)18-5-7-24(8-6-18)9-10-25-11-13-26-14-12-25/h15-16,18H,3-14H2,1-2H3/b19-15+. The van der Waals surface area contributed by atoms with Gasteiger partial charge in [0, 0.05) is 31.8 Å². The maximum absolute atomic E-state index is 13.3. The van der Waals surface area contributed by atoms with Crippen LogP contribution >= 0.6 is 0 Å². The van der Waals surface area contributed by atoms with E-state index in [1.165, 1.54) is 6.08 Å². The van der Waals surface area contributed by atoms with Crippen LogP contribution in [0.25, 0.3) is 0 Å². The third-order valence-corrected chi connectivity index (χ3v) is 5.76. The van der Waals surface area contributed by atoms with Gasteiger partial charge in [-0.1, -0.05) is 32.1 Å². The van der Waals surface area contributed by atoms with Crippen LogP contribution in [-0.4, -0.2) is 68.5 Å². The average molecular weight is 374 g/mol. The van der Waals surface area contributed by atoms with Crippen molar-refractivity contribution in [2.24, 2.45) is 11.8 Å². The number of halogens is 3. The lowest BCUT2D eigenvalue weighted by Crippen LogP contribution is -2.43. The summed E-state index contributed by atoms with van der Waals surface area (Å²) in [6.07, 6.45) is -0.674. The Hall–Kier alpha value is -0.850. The van der Waals surface area contributed by atoms with Crippen LogP contribution in [0.4, 0.5) is 13.2 Å². The van der Waals surface area contributed by atoms with E-state index in [-0.39, 0.29) is 5.92 Å². The van der Waals surface area contributed by atoms with E-state index in [0.29, 0.717) is 12.0 Å². The molecular weight excluding hydrogens is 341 g/mol. The topological polar surface area (TPSA) is 15.7 Å². The van der Waals surface area contributed by atoms with E-state index in [4.69, 9.17) is 4.74 Å². The molecule has 0 aromatic heterocycles. The molecule has 0 N–H and O–H groups in total. The monoisotopic (exact) mass is 374 g/mol. The highest BCUT2D eigenvalue weighted by Crippen LogP contribution is 2.35. The van der Waals surface area contributed by atoms with Crippen LogP contribution in [0, 0.1) is 11.8 Å². The summed E-state index contributed by atoms with van der Waals surface area (Å²) in [6, 6.07) is 0. The summed E-state index contributed by atoms with van der Waals surface area (Å²) in [4.78, 5) is 4.83. The van der Waals surface area contributed by atoms with Gasteiger partial charge in [0.05, 0.1) is 13.2 Å². The maximum Gasteiger partial charge on any atom is 0.412 e. The molecular formula is C20H33F3N2O. The number of hydrogen-bond acceptors (Lipinski definition) is 3. The molecule has 2 rings (SSSR count). The van der Waals surface area contributed by atoms with Gasteiger partial charge in [-0.15, -0.1) is 0 Å². The normalized spacial score (nSPS) is 23.2. The number of likely N-dealkylation sites (tertiary alicyclic amines) is 1. The van der Waals surface area contributed by atoms with Crippen molar-refractivity contribution < 1.29 is 17.9 Å². The van der Waals surface area contributed by atoms with Crippen molar-refractivity contribution in [1.29, 1.82) is 0 Å². The van der Waals surface area contributed by atoms with Crippen molar-refractivity contribution in [2.45, 2.75) is 39.3 Å². The van der Waals surface area contributed by atoms with Gasteiger partial charge in [0.2, 0.25) is 0 Å². The quantitative estimate of drug-likeness (QED) is 0.624. The maximum atomic E-state index is 13.3. The first-order valence-corrected chi connectivity index (χ1v) is 9.81. The second-order valence-electron chi connectivity index (χ2n) is 7.55. The first-order chi connectivity index (χ1) is 12.3. The summed E-state index contributed by atoms with van der Waals surface area (Å²) < 4.78 is 45.2. The fourth-order valence-corrected chi connectivity index (χ4v) is 3.68. The van der Waals surface area contributed by atoms with Gasteiger partial charge in [-0.2, -0.15) is 13.2 Å². The second-order valence-corrected chi connectivity index (χ2v) is 7.55. The van der Waals surface area contributed by atoms with Gasteiger partial charge >= 0.3 is 6.18 Å². The van der Waals surface area contributed by atoms with E-state index < -0.39 is 17.7 Å². The van der Waals surface area contributed by atoms with Crippen molar-refractivity contribution in [3.63, 3.8) is 0 Å². The van der Waals surface area contributed by atoms with Crippen molar-refractivity contribution in [3.05, 3.63) is 23.8 Å². The third-order valence-electron chi connectivity index (χ3n) is 5.76. The molecule has 2 aliphatic heterocycles. The number of morpholine rings is 1. The Kier molecular flexibility index (Phi) is 8.17. The summed E-state index contributed by atoms with van der Waals surface area (Å²) in [7, 11) is 0. The van der Waals surface area contributed by atoms with Gasteiger partial charge in [0.1, 0.15) is 0 Å². The van der Waals surface area contributed by atoms with Crippen molar-refractivity contribution in [3.8, 4) is 0 Å². The van der Waals surface area contributed by atoms with E-state index in [9.17, 15) is 13.2 Å². The number of hydrogen-bond donors (Lipinski definition) is 0. The summed E-state index contributed by atoms with van der Waals surface area (Å²) in [6.45, 7) is 15.0. The number of nitrogens with zero attached hydrogens (tertiary/aromatic N) is 2. The molecule has 1 unspecified atom stereocenters. The number of alkyl halides is 3. The van der Waals surface area contributed by atoms with Gasteiger partial charge < -0.3 is 9.64 Å². The lowest BCUT2D eigenvalue weighted by molar-refractivity contribution is -0.0985. The Balaban J connectivity index is 1.82. The van der Waals surface area contributed by atoms with Gasteiger partial charge in [0.25, 0.3) is 0 Å². The Morgan fingerprint density at radius 1 is 1.12 bits per heavy atom. The number of rotatable bonds is 7. The van der Waals surface area contributed by atoms with Crippen molar-refractivity contribution >= 4 is 0 Å². The largest absolute Gasteiger partial charge is 0.412 e. The predicted molar refractivity (Wildman–Crippen MR) is 99.2 cm³/mol. The van der Waals surface area contributed by atoms with Gasteiger partial charge in [-0.05, 0) is 44.2 Å². The molecule has 0 aromatic carbocycles. The van der Waals surface area contributed by atoms with E-state index >= 15 is 0 Å². The minimum atomic E-state index is -4.27. The van der Waals surface area contributed by atoms with Crippen LogP contribution in [0.5, 0.6) is 0 Å². The summed E-state index contributed by atoms with van der Waals surface area (Å²) in [5.41, 5.74) is 0.213. The lowest BCUT2D eigenvalue weighted by Gasteiger charge is -2.35. The van der Waals surface area contributed by atoms with Gasteiger partial charge in [0.15, 0.2) is 0 Å². The smallest absolute Gasteiger partial charge is 0.379 e. The van der Waals surface area contributed by atoms with E-state index in [1.807, 2.05) is 0 Å². The Morgan fingerprint density at radius 2 is 1.65 bits per heavy atom. The zero-order valence-corrected chi connectivity index (χ0v) is 16.2. The molecule has 2 heterocycles. The molecule has 2 saturated heterocycles. The molecule has 2 fully saturated rings. The van der Waals surface area contributed by atoms with Crippen LogP contribution in [0.3, 0.4) is 0 Å². The molecule has 0 spiro atoms. The molecule has 6 heteroatoms. The lowest BCUT2D eigenvalue weighted by atomic mass is 9.86. The molecule has 3 nitrogen and oxygen atoms in total. The van der Waals surface area contributed by atoms with E-state index in [0.717, 1.165) is 65.3 Å². The SMILES string of the molecule is C=C(/C=C(\C(C)CC)C(F)(F)F)C1CCN(CCN2CCOCC2)CC1. The number of piperidine rings is 1. The first kappa shape index (κ1) is 21.5. The van der Waals surface area contributed by atoms with Crippen LogP contribution in [-0.2, 0) is 4.74 Å². The number of allylic oxidation sites excluding steroid dienone is 3. The molecule has 2 aliphatic rings.